The normalized spacial score (nSPS) is 11.4. The van der Waals surface area contributed by atoms with Crippen molar-refractivity contribution in [3.63, 3.8) is 0 Å². The predicted molar refractivity (Wildman–Crippen MR) is 539 cm³/mol. The quantitative estimate of drug-likeness (QED) is 0.0733. The Morgan fingerprint density at radius 1 is 0.154 bits per heavy atom. The van der Waals surface area contributed by atoms with Crippen LogP contribution in [-0.4, -0.2) is 83.9 Å². The van der Waals surface area contributed by atoms with Gasteiger partial charge in [0.15, 0.2) is 87.4 Å². The van der Waals surface area contributed by atoms with Crippen LogP contribution in [-0.2, 0) is 0 Å². The van der Waals surface area contributed by atoms with Crippen molar-refractivity contribution in [3.05, 3.63) is 442 Å². The molecule has 0 aliphatic rings. The van der Waals surface area contributed by atoms with E-state index >= 15 is 0 Å². The molecule has 18 heteroatoms. The minimum Gasteiger partial charge on any atom is -0.309 e. The van der Waals surface area contributed by atoms with Crippen molar-refractivity contribution in [2.24, 2.45) is 0 Å². The van der Waals surface area contributed by atoms with E-state index in [1.807, 2.05) is 328 Å². The molecule has 0 amide bonds. The largest absolute Gasteiger partial charge is 0.309 e. The number of hydrogen-bond acceptors (Lipinski definition) is 16. The monoisotopic (exact) mass is 1740 g/mol. The zero-order chi connectivity index (χ0) is 90.4. The first-order valence-electron chi connectivity index (χ1n) is 44.6. The predicted octanol–water partition coefficient (Wildman–Crippen LogP) is 27.0. The molecule has 24 rings (SSSR count). The molecule has 0 spiro atoms. The molecule has 0 aliphatic carbocycles. The maximum atomic E-state index is 11.2. The highest BCUT2D eigenvalue weighted by Crippen LogP contribution is 2.48. The van der Waals surface area contributed by atoms with Gasteiger partial charge in [0.1, 0.15) is 0 Å². The lowest BCUT2D eigenvalue weighted by Gasteiger charge is -2.22. The Labute approximate surface area is 780 Å². The summed E-state index contributed by atoms with van der Waals surface area (Å²) in [5.41, 5.74) is 20.2. The van der Waals surface area contributed by atoms with E-state index in [4.69, 9.17) is 74.8 Å². The molecular formula is C118H72N18. The molecule has 18 nitrogen and oxygen atoms in total. The highest BCUT2D eigenvalue weighted by atomic mass is 15.1. The van der Waals surface area contributed by atoms with E-state index in [9.17, 15) is 5.26 Å². The number of aromatic nitrogens is 17. The third-order valence-electron chi connectivity index (χ3n) is 24.5. The minimum atomic E-state index is 0.371. The van der Waals surface area contributed by atoms with Gasteiger partial charge in [-0.15, -0.1) is 0 Å². The molecular weight excluding hydrogens is 1670 g/mol. The van der Waals surface area contributed by atoms with Crippen LogP contribution in [0.3, 0.4) is 0 Å². The molecule has 0 atom stereocenters. The molecule has 0 saturated carbocycles. The number of nitrogens with zero attached hydrogens (tertiary/aromatic N) is 18. The third-order valence-corrected chi connectivity index (χ3v) is 24.5. The molecule has 0 bridgehead atoms. The zero-order valence-electron chi connectivity index (χ0n) is 72.6. The van der Waals surface area contributed by atoms with Crippen molar-refractivity contribution in [2.75, 3.05) is 0 Å². The summed E-state index contributed by atoms with van der Waals surface area (Å²) in [6.07, 6.45) is 0. The van der Waals surface area contributed by atoms with Gasteiger partial charge in [-0.2, -0.15) is 5.26 Å². The average Bonchev–Trinajstić information content (AvgIpc) is 1.53. The summed E-state index contributed by atoms with van der Waals surface area (Å²) in [6.45, 7) is 0. The van der Waals surface area contributed by atoms with E-state index < -0.39 is 0 Å². The standard InChI is InChI=1S/C118H72N18/c119-73-89-54-31-32-55-90(89)84-58-63-97(135-98-64-59-85(114-125-104(74-34-11-1-12-35-74)120-105(126-114)75-36-13-2-14-37-75)69-93(98)94-70-86(60-65-99(94)135)115-127-106(76-38-15-3-16-39-76)121-107(128-115)77-40-17-4-18-41-77)92(68-84)91-56-33-57-102(103(91)118-133-112(82-50-27-9-28-51-82)124-113(134-118)83-52-29-10-30-53-83)136-100-66-61-87(116-129-108(78-42-19-5-20-43-78)122-109(130-116)79-44-21-6-22-45-79)71-95(100)96-72-88(62-67-101(96)136)117-131-110(80-46-23-7-24-47-80)123-111(132-117)81-48-25-8-26-49-81/h1-72H. The van der Waals surface area contributed by atoms with Crippen molar-refractivity contribution in [2.45, 2.75) is 0 Å². The van der Waals surface area contributed by atoms with Crippen molar-refractivity contribution in [3.8, 4) is 211 Å². The van der Waals surface area contributed by atoms with Gasteiger partial charge in [-0.3, -0.25) is 0 Å². The molecule has 17 aromatic carbocycles. The van der Waals surface area contributed by atoms with Crippen LogP contribution >= 0.6 is 0 Å². The minimum absolute atomic E-state index is 0.371. The van der Waals surface area contributed by atoms with E-state index in [-0.39, 0.29) is 0 Å². The molecule has 0 saturated heterocycles. The molecule has 0 unspecified atom stereocenters. The maximum Gasteiger partial charge on any atom is 0.166 e. The Morgan fingerprint density at radius 3 is 0.625 bits per heavy atom. The molecule has 0 fully saturated rings. The lowest BCUT2D eigenvalue weighted by molar-refractivity contribution is 1.06. The number of fused-ring (bicyclic) bond motifs is 6. The van der Waals surface area contributed by atoms with Gasteiger partial charge in [0, 0.05) is 105 Å². The van der Waals surface area contributed by atoms with Gasteiger partial charge >= 0.3 is 0 Å². The molecule has 136 heavy (non-hydrogen) atoms. The van der Waals surface area contributed by atoms with E-state index in [2.05, 4.69) is 124 Å². The molecule has 7 heterocycles. The Hall–Kier alpha value is -19.1. The first-order valence-corrected chi connectivity index (χ1v) is 44.6. The van der Waals surface area contributed by atoms with Crippen molar-refractivity contribution >= 4 is 43.6 Å². The van der Waals surface area contributed by atoms with Gasteiger partial charge in [-0.05, 0) is 114 Å². The summed E-state index contributed by atoms with van der Waals surface area (Å²) >= 11 is 0. The lowest BCUT2D eigenvalue weighted by atomic mass is 9.91. The second kappa shape index (κ2) is 34.7. The highest BCUT2D eigenvalue weighted by molar-refractivity contribution is 6.14. The van der Waals surface area contributed by atoms with E-state index in [1.54, 1.807) is 0 Å². The Morgan fingerprint density at radius 2 is 0.368 bits per heavy atom. The lowest BCUT2D eigenvalue weighted by Crippen LogP contribution is -2.06. The van der Waals surface area contributed by atoms with Gasteiger partial charge < -0.3 is 9.13 Å². The highest BCUT2D eigenvalue weighted by Gasteiger charge is 2.30. The average molecular weight is 1740 g/mol. The summed E-state index contributed by atoms with van der Waals surface area (Å²) in [5.74, 6) is 7.38. The SMILES string of the molecule is N#Cc1ccccc1-c1ccc(-n2c3ccc(-c4nc(-c5ccccc5)nc(-c5ccccc5)n4)cc3c3cc(-c4nc(-c5ccccc5)nc(-c5ccccc5)n4)ccc32)c(-c2cccc(-n3c4ccc(-c5nc(-c6ccccc6)nc(-c6ccccc6)n5)cc4c4cc(-c5nc(-c6ccccc6)nc(-c6ccccc6)n5)ccc43)c2-c2nc(-c3ccccc3)nc(-c3ccccc3)n2)c1. The van der Waals surface area contributed by atoms with Crippen molar-refractivity contribution < 1.29 is 0 Å². The van der Waals surface area contributed by atoms with Gasteiger partial charge in [0.05, 0.1) is 50.6 Å². The van der Waals surface area contributed by atoms with Crippen LogP contribution in [0, 0.1) is 11.3 Å². The number of benzene rings is 17. The third kappa shape index (κ3) is 15.2. The molecule has 24 aromatic rings. The van der Waals surface area contributed by atoms with Gasteiger partial charge in [-0.25, -0.2) is 74.8 Å². The van der Waals surface area contributed by atoms with Crippen LogP contribution < -0.4 is 0 Å². The van der Waals surface area contributed by atoms with Crippen LogP contribution in [0.4, 0.5) is 0 Å². The summed E-state index contributed by atoms with van der Waals surface area (Å²) < 4.78 is 4.66. The van der Waals surface area contributed by atoms with E-state index in [0.29, 0.717) is 104 Å². The Kier molecular flexibility index (Phi) is 20.5. The Balaban J connectivity index is 0.802. The molecule has 7 aromatic heterocycles. The van der Waals surface area contributed by atoms with E-state index in [1.165, 1.54) is 0 Å². The molecule has 634 valence electrons. The van der Waals surface area contributed by atoms with E-state index in [0.717, 1.165) is 149 Å². The van der Waals surface area contributed by atoms with Crippen molar-refractivity contribution in [1.82, 2.24) is 83.9 Å². The van der Waals surface area contributed by atoms with Crippen LogP contribution in [0.15, 0.2) is 437 Å². The van der Waals surface area contributed by atoms with Gasteiger partial charge in [-0.1, -0.05) is 340 Å². The second-order valence-electron chi connectivity index (χ2n) is 32.9. The fourth-order valence-corrected chi connectivity index (χ4v) is 17.9. The maximum absolute atomic E-state index is 11.2. The second-order valence-corrected chi connectivity index (χ2v) is 32.9. The van der Waals surface area contributed by atoms with Gasteiger partial charge in [0.2, 0.25) is 0 Å². The summed E-state index contributed by atoms with van der Waals surface area (Å²) in [5, 5.41) is 14.7. The van der Waals surface area contributed by atoms with Gasteiger partial charge in [0.25, 0.3) is 0 Å². The fourth-order valence-electron chi connectivity index (χ4n) is 17.9. The first kappa shape index (κ1) is 80.2. The van der Waals surface area contributed by atoms with Crippen LogP contribution in [0.1, 0.15) is 5.56 Å². The number of rotatable bonds is 19. The van der Waals surface area contributed by atoms with Crippen LogP contribution in [0.2, 0.25) is 0 Å². The first-order chi connectivity index (χ1) is 67.3. The van der Waals surface area contributed by atoms with Crippen LogP contribution in [0.25, 0.3) is 248 Å². The molecule has 0 aliphatic heterocycles. The zero-order valence-corrected chi connectivity index (χ0v) is 72.6. The number of nitriles is 1. The fraction of sp³-hybridized carbons (Fsp3) is 0. The summed E-state index contributed by atoms with van der Waals surface area (Å²) in [6, 6.07) is 149. The van der Waals surface area contributed by atoms with Crippen molar-refractivity contribution in [1.29, 1.82) is 5.26 Å². The Bertz CT molecular complexity index is 8100. The summed E-state index contributed by atoms with van der Waals surface area (Å²) in [7, 11) is 0. The number of hydrogen-bond donors (Lipinski definition) is 0. The topological polar surface area (TPSA) is 227 Å². The molecule has 0 N–H and O–H groups in total. The smallest absolute Gasteiger partial charge is 0.166 e. The molecule has 0 radical (unpaired) electrons. The van der Waals surface area contributed by atoms with Crippen LogP contribution in [0.5, 0.6) is 0 Å². The summed E-state index contributed by atoms with van der Waals surface area (Å²) in [4.78, 5) is 80.2.